The molecule has 1 saturated heterocycles. The number of benzene rings is 1. The van der Waals surface area contributed by atoms with Gasteiger partial charge in [0.15, 0.2) is 0 Å². The number of carbonyl (C=O) groups is 1. The third kappa shape index (κ3) is 2.81. The van der Waals surface area contributed by atoms with Crippen molar-refractivity contribution in [3.8, 4) is 0 Å². The van der Waals surface area contributed by atoms with Gasteiger partial charge in [0.2, 0.25) is 5.91 Å². The zero-order valence-corrected chi connectivity index (χ0v) is 12.1. The molecule has 2 rings (SSSR count). The Morgan fingerprint density at radius 2 is 1.95 bits per heavy atom. The van der Waals surface area contributed by atoms with Crippen molar-refractivity contribution in [1.82, 2.24) is 10.2 Å². The van der Waals surface area contributed by atoms with Gasteiger partial charge < -0.3 is 4.90 Å². The summed E-state index contributed by atoms with van der Waals surface area (Å²) in [5.74, 6) is 0.255. The predicted octanol–water partition coefficient (Wildman–Crippen LogP) is 3.08. The minimum atomic E-state index is -0.0239. The van der Waals surface area contributed by atoms with Crippen LogP contribution < -0.4 is 5.32 Å². The highest BCUT2D eigenvalue weighted by molar-refractivity contribution is 5.84. The van der Waals surface area contributed by atoms with E-state index in [9.17, 15) is 4.79 Å². The second kappa shape index (κ2) is 6.20. The van der Waals surface area contributed by atoms with Crippen molar-refractivity contribution in [3.05, 3.63) is 35.9 Å². The van der Waals surface area contributed by atoms with E-state index in [0.717, 1.165) is 19.3 Å². The van der Waals surface area contributed by atoms with E-state index in [2.05, 4.69) is 38.2 Å². The van der Waals surface area contributed by atoms with Crippen LogP contribution in [-0.4, -0.2) is 22.9 Å². The first kappa shape index (κ1) is 14.1. The van der Waals surface area contributed by atoms with Crippen LogP contribution in [0.15, 0.2) is 30.3 Å². The molecule has 0 radical (unpaired) electrons. The Balaban J connectivity index is 2.27. The molecule has 0 aromatic heterocycles. The van der Waals surface area contributed by atoms with Crippen molar-refractivity contribution >= 4 is 5.91 Å². The maximum absolute atomic E-state index is 12.5. The summed E-state index contributed by atoms with van der Waals surface area (Å²) in [6.07, 6.45) is 2.95. The summed E-state index contributed by atoms with van der Waals surface area (Å²) in [6.45, 7) is 6.38. The van der Waals surface area contributed by atoms with E-state index in [1.165, 1.54) is 5.56 Å². The summed E-state index contributed by atoms with van der Waals surface area (Å²) in [5, 5.41) is 3.50. The Hall–Kier alpha value is -1.35. The van der Waals surface area contributed by atoms with Gasteiger partial charge in [0.05, 0.1) is 6.04 Å². The molecule has 1 fully saturated rings. The number of hydrogen-bond donors (Lipinski definition) is 1. The predicted molar refractivity (Wildman–Crippen MR) is 77.6 cm³/mol. The maximum atomic E-state index is 12.5. The van der Waals surface area contributed by atoms with E-state index in [-0.39, 0.29) is 24.2 Å². The quantitative estimate of drug-likeness (QED) is 0.882. The number of amides is 1. The van der Waals surface area contributed by atoms with Gasteiger partial charge in [0.1, 0.15) is 6.17 Å². The zero-order valence-electron chi connectivity index (χ0n) is 12.1. The van der Waals surface area contributed by atoms with Gasteiger partial charge in [-0.1, -0.05) is 50.6 Å². The highest BCUT2D eigenvalue weighted by atomic mass is 16.2. The number of hydrogen-bond acceptors (Lipinski definition) is 2. The Labute approximate surface area is 116 Å². The molecule has 1 N–H and O–H groups in total. The number of nitrogens with one attached hydrogen (secondary N) is 1. The second-order valence-electron chi connectivity index (χ2n) is 5.32. The fraction of sp³-hybridized carbons (Fsp3) is 0.562. The molecular formula is C16H24N2O. The molecular weight excluding hydrogens is 236 g/mol. The number of nitrogens with zero attached hydrogens (tertiary/aromatic N) is 1. The minimum absolute atomic E-state index is 0.0239. The molecule has 0 spiro atoms. The van der Waals surface area contributed by atoms with Crippen molar-refractivity contribution in [3.63, 3.8) is 0 Å². The first-order valence-corrected chi connectivity index (χ1v) is 7.32. The molecule has 1 amide bonds. The van der Waals surface area contributed by atoms with Crippen LogP contribution in [0.2, 0.25) is 0 Å². The van der Waals surface area contributed by atoms with Crippen LogP contribution in [0.3, 0.4) is 0 Å². The SMILES string of the molecule is CCCC1NC(c2ccccc2)N(C(C)CC)C1=O. The summed E-state index contributed by atoms with van der Waals surface area (Å²) in [6, 6.07) is 10.5. The molecule has 1 aliphatic rings. The molecule has 104 valence electrons. The molecule has 3 nitrogen and oxygen atoms in total. The van der Waals surface area contributed by atoms with Gasteiger partial charge in [-0.3, -0.25) is 10.1 Å². The minimum Gasteiger partial charge on any atom is -0.319 e. The molecule has 3 heteroatoms. The van der Waals surface area contributed by atoms with Gasteiger partial charge in [-0.2, -0.15) is 0 Å². The van der Waals surface area contributed by atoms with Crippen molar-refractivity contribution in [2.45, 2.75) is 58.3 Å². The summed E-state index contributed by atoms with van der Waals surface area (Å²) in [4.78, 5) is 14.6. The Kier molecular flexibility index (Phi) is 4.59. The third-order valence-electron chi connectivity index (χ3n) is 3.95. The lowest BCUT2D eigenvalue weighted by Crippen LogP contribution is -2.38. The number of carbonyl (C=O) groups excluding carboxylic acids is 1. The Morgan fingerprint density at radius 1 is 1.26 bits per heavy atom. The lowest BCUT2D eigenvalue weighted by Gasteiger charge is -2.30. The Morgan fingerprint density at radius 3 is 2.53 bits per heavy atom. The fourth-order valence-electron chi connectivity index (χ4n) is 2.71. The highest BCUT2D eigenvalue weighted by Crippen LogP contribution is 2.29. The smallest absolute Gasteiger partial charge is 0.241 e. The summed E-state index contributed by atoms with van der Waals surface area (Å²) >= 11 is 0. The third-order valence-corrected chi connectivity index (χ3v) is 3.95. The highest BCUT2D eigenvalue weighted by Gasteiger charge is 2.40. The lowest BCUT2D eigenvalue weighted by molar-refractivity contribution is -0.132. The lowest BCUT2D eigenvalue weighted by atomic mass is 10.1. The van der Waals surface area contributed by atoms with Crippen molar-refractivity contribution < 1.29 is 4.79 Å². The van der Waals surface area contributed by atoms with Crippen LogP contribution in [0, 0.1) is 0 Å². The van der Waals surface area contributed by atoms with E-state index in [1.807, 2.05) is 23.1 Å². The van der Waals surface area contributed by atoms with Crippen molar-refractivity contribution in [2.75, 3.05) is 0 Å². The first-order chi connectivity index (χ1) is 9.19. The van der Waals surface area contributed by atoms with Gasteiger partial charge >= 0.3 is 0 Å². The van der Waals surface area contributed by atoms with Crippen LogP contribution in [0.4, 0.5) is 0 Å². The summed E-state index contributed by atoms with van der Waals surface area (Å²) in [5.41, 5.74) is 1.18. The molecule has 3 atom stereocenters. The average molecular weight is 260 g/mol. The zero-order chi connectivity index (χ0) is 13.8. The van der Waals surface area contributed by atoms with E-state index in [4.69, 9.17) is 0 Å². The molecule has 0 bridgehead atoms. The van der Waals surface area contributed by atoms with Crippen LogP contribution >= 0.6 is 0 Å². The first-order valence-electron chi connectivity index (χ1n) is 7.32. The Bertz CT molecular complexity index is 418. The van der Waals surface area contributed by atoms with E-state index < -0.39 is 0 Å². The molecule has 3 unspecified atom stereocenters. The molecule has 1 aromatic rings. The van der Waals surface area contributed by atoms with Gasteiger partial charge in [-0.25, -0.2) is 0 Å². The van der Waals surface area contributed by atoms with Crippen molar-refractivity contribution in [1.29, 1.82) is 0 Å². The molecule has 0 saturated carbocycles. The second-order valence-corrected chi connectivity index (χ2v) is 5.32. The van der Waals surface area contributed by atoms with Crippen molar-refractivity contribution in [2.24, 2.45) is 0 Å². The van der Waals surface area contributed by atoms with Gasteiger partial charge in [-0.15, -0.1) is 0 Å². The summed E-state index contributed by atoms with van der Waals surface area (Å²) in [7, 11) is 0. The number of rotatable bonds is 5. The average Bonchev–Trinajstić information content (AvgIpc) is 2.77. The van der Waals surface area contributed by atoms with Crippen LogP contribution in [-0.2, 0) is 4.79 Å². The molecule has 19 heavy (non-hydrogen) atoms. The largest absolute Gasteiger partial charge is 0.319 e. The molecule has 1 aliphatic heterocycles. The summed E-state index contributed by atoms with van der Waals surface area (Å²) < 4.78 is 0. The molecule has 1 heterocycles. The fourth-order valence-corrected chi connectivity index (χ4v) is 2.71. The van der Waals surface area contributed by atoms with Crippen LogP contribution in [0.5, 0.6) is 0 Å². The van der Waals surface area contributed by atoms with Gasteiger partial charge in [0.25, 0.3) is 0 Å². The van der Waals surface area contributed by atoms with Crippen LogP contribution in [0.1, 0.15) is 51.8 Å². The van der Waals surface area contributed by atoms with E-state index >= 15 is 0 Å². The van der Waals surface area contributed by atoms with Gasteiger partial charge in [0, 0.05) is 6.04 Å². The maximum Gasteiger partial charge on any atom is 0.241 e. The molecule has 0 aliphatic carbocycles. The molecule has 1 aromatic carbocycles. The topological polar surface area (TPSA) is 32.3 Å². The normalized spacial score (nSPS) is 24.8. The van der Waals surface area contributed by atoms with E-state index in [1.54, 1.807) is 0 Å². The monoisotopic (exact) mass is 260 g/mol. The van der Waals surface area contributed by atoms with E-state index in [0.29, 0.717) is 0 Å². The van der Waals surface area contributed by atoms with Gasteiger partial charge in [-0.05, 0) is 25.3 Å². The standard InChI is InChI=1S/C16H24N2O/c1-4-9-14-16(19)18(12(3)5-2)15(17-14)13-10-7-6-8-11-13/h6-8,10-12,14-15,17H,4-5,9H2,1-3H3. The van der Waals surface area contributed by atoms with Crippen LogP contribution in [0.25, 0.3) is 0 Å².